The summed E-state index contributed by atoms with van der Waals surface area (Å²) in [7, 11) is 0. The number of aliphatic hydroxyl groups is 11. The molecule has 3 aliphatic heterocycles. The molecule has 0 aromatic rings. The molecule has 17 atom stereocenters. The lowest BCUT2D eigenvalue weighted by Crippen LogP contribution is -2.66. The number of amides is 1. The van der Waals surface area contributed by atoms with E-state index in [0.29, 0.717) is 12.8 Å². The SMILES string of the molecule is CC/C=C\C/C=C\C/C=C\C/C=C\C/C=C\C/C=C\C/C=C\CCCCCCCCCC(=O)NC(COC1OC(CO)C(OC2OC(CO)C(OC3OC(CO)C(O)C(O)C3O)C(O)C2O)C(O)C1O)C(O)/C=C/CC/C=C/CCCCCCCCCCCCCCCCCCCCCC. The second-order valence-corrected chi connectivity index (χ2v) is 27.4. The van der Waals surface area contributed by atoms with Gasteiger partial charge in [0, 0.05) is 6.42 Å². The molecule has 0 saturated carbocycles. The smallest absolute Gasteiger partial charge is 0.220 e. The summed E-state index contributed by atoms with van der Waals surface area (Å²) in [5.41, 5.74) is 0. The van der Waals surface area contributed by atoms with Gasteiger partial charge in [0.1, 0.15) is 73.2 Å². The molecule has 19 heteroatoms. The molecule has 3 heterocycles. The molecule has 0 radical (unpaired) electrons. The van der Waals surface area contributed by atoms with Crippen LogP contribution in [0.5, 0.6) is 0 Å². The number of hydrogen-bond donors (Lipinski definition) is 12. The van der Waals surface area contributed by atoms with Crippen molar-refractivity contribution in [3.8, 4) is 0 Å². The van der Waals surface area contributed by atoms with Crippen molar-refractivity contribution >= 4 is 5.91 Å². The Labute approximate surface area is 602 Å². The molecule has 1 amide bonds. The van der Waals surface area contributed by atoms with Crippen molar-refractivity contribution in [2.45, 2.75) is 369 Å². The first-order valence-corrected chi connectivity index (χ1v) is 39.1. The fraction of sp³-hybridized carbons (Fsp3) is 0.765. The number of carbonyl (C=O) groups is 1. The van der Waals surface area contributed by atoms with Gasteiger partial charge in [-0.1, -0.05) is 277 Å². The maximum atomic E-state index is 13.5. The van der Waals surface area contributed by atoms with Crippen molar-refractivity contribution in [2.24, 2.45) is 0 Å². The highest BCUT2D eigenvalue weighted by Gasteiger charge is 2.53. The third-order valence-electron chi connectivity index (χ3n) is 18.8. The highest BCUT2D eigenvalue weighted by Crippen LogP contribution is 2.33. The van der Waals surface area contributed by atoms with Crippen molar-refractivity contribution in [1.29, 1.82) is 0 Å². The Balaban J connectivity index is 1.42. The molecule has 3 rings (SSSR count). The lowest BCUT2D eigenvalue weighted by molar-refractivity contribution is -0.379. The predicted molar refractivity (Wildman–Crippen MR) is 397 cm³/mol. The number of aliphatic hydroxyl groups excluding tert-OH is 11. The predicted octanol–water partition coefficient (Wildman–Crippen LogP) is 12.6. The maximum Gasteiger partial charge on any atom is 0.220 e. The standard InChI is InChI=1S/C81H139NO18/c1-3-5-7-9-11-13-15-17-19-21-23-25-27-29-31-32-33-35-37-39-41-43-45-47-49-51-53-55-57-59-69(87)82-64(65(86)58-56-54-52-50-48-46-44-42-40-38-36-34-30-28-26-24-22-20-18-16-14-12-10-8-6-4-2)63-95-79-75(93)72(90)77(67(61-84)97-79)100-81-76(94)73(91)78(68(62-85)98-81)99-80-74(92)71(89)70(88)66(60-83)96-80/h5,7,11,13,17,19,23,25,29,31,33,35,39,41,48,50,56,58,64-68,70-81,83-86,88-94H,3-4,6,8-10,12,14-16,18,20-22,24,26-28,30,32,34,36-38,40,42-47,49,51-55,57,59-63H2,1-2H3,(H,82,87)/b7-5-,13-11-,19-17-,25-23-,31-29-,35-33-,41-39-,50-48+,58-56+. The van der Waals surface area contributed by atoms with E-state index in [1.807, 2.05) is 6.08 Å². The fourth-order valence-electron chi connectivity index (χ4n) is 12.5. The Morgan fingerprint density at radius 3 is 1.12 bits per heavy atom. The summed E-state index contributed by atoms with van der Waals surface area (Å²) in [4.78, 5) is 13.5. The minimum atomic E-state index is -1.99. The molecule has 12 N–H and O–H groups in total. The molecule has 3 saturated heterocycles. The molecule has 0 aliphatic carbocycles. The van der Waals surface area contributed by atoms with Crippen LogP contribution in [-0.4, -0.2) is 193 Å². The van der Waals surface area contributed by atoms with Crippen LogP contribution in [0.15, 0.2) is 109 Å². The maximum absolute atomic E-state index is 13.5. The summed E-state index contributed by atoms with van der Waals surface area (Å²) in [6, 6.07) is -1.01. The van der Waals surface area contributed by atoms with Crippen LogP contribution in [0.4, 0.5) is 0 Å². The van der Waals surface area contributed by atoms with Crippen molar-refractivity contribution < 1.29 is 89.4 Å². The summed E-state index contributed by atoms with van der Waals surface area (Å²) < 4.78 is 34.4. The van der Waals surface area contributed by atoms with E-state index in [1.54, 1.807) is 6.08 Å². The molecule has 3 aliphatic rings. The van der Waals surface area contributed by atoms with E-state index in [0.717, 1.165) is 109 Å². The molecular formula is C81H139NO18. The Bertz CT molecular complexity index is 2230. The van der Waals surface area contributed by atoms with E-state index in [9.17, 15) is 61.0 Å². The molecular weight excluding hydrogens is 1270 g/mol. The van der Waals surface area contributed by atoms with Crippen LogP contribution < -0.4 is 5.32 Å². The zero-order valence-corrected chi connectivity index (χ0v) is 61.4. The lowest BCUT2D eigenvalue weighted by atomic mass is 9.96. The van der Waals surface area contributed by atoms with E-state index >= 15 is 0 Å². The van der Waals surface area contributed by atoms with Crippen LogP contribution in [0.25, 0.3) is 0 Å². The summed E-state index contributed by atoms with van der Waals surface area (Å²) in [6.07, 6.45) is 56.3. The van der Waals surface area contributed by atoms with Crippen molar-refractivity contribution in [3.05, 3.63) is 109 Å². The van der Waals surface area contributed by atoms with Crippen LogP contribution in [0.3, 0.4) is 0 Å². The summed E-state index contributed by atoms with van der Waals surface area (Å²) in [5.74, 6) is -0.299. The monoisotopic (exact) mass is 1410 g/mol. The first-order valence-electron chi connectivity index (χ1n) is 39.1. The molecule has 100 heavy (non-hydrogen) atoms. The highest BCUT2D eigenvalue weighted by molar-refractivity contribution is 5.76. The Morgan fingerprint density at radius 2 is 0.700 bits per heavy atom. The lowest BCUT2D eigenvalue weighted by Gasteiger charge is -2.48. The Hall–Kier alpha value is -3.55. The zero-order valence-electron chi connectivity index (χ0n) is 61.4. The molecule has 19 nitrogen and oxygen atoms in total. The van der Waals surface area contributed by atoms with Gasteiger partial charge in [-0.05, 0) is 89.9 Å². The minimum absolute atomic E-state index is 0.216. The van der Waals surface area contributed by atoms with Gasteiger partial charge in [-0.25, -0.2) is 0 Å². The van der Waals surface area contributed by atoms with Crippen LogP contribution >= 0.6 is 0 Å². The van der Waals surface area contributed by atoms with Crippen LogP contribution in [0, 0.1) is 0 Å². The van der Waals surface area contributed by atoms with Gasteiger partial charge in [0.15, 0.2) is 18.9 Å². The molecule has 0 bridgehead atoms. The van der Waals surface area contributed by atoms with Gasteiger partial charge < -0.3 is 89.9 Å². The number of allylic oxidation sites excluding steroid dienone is 17. The number of rotatable bonds is 60. The minimum Gasteiger partial charge on any atom is -0.394 e. The molecule has 0 aromatic carbocycles. The first-order chi connectivity index (χ1) is 48.8. The van der Waals surface area contributed by atoms with E-state index < -0.39 is 124 Å². The third-order valence-corrected chi connectivity index (χ3v) is 18.8. The third kappa shape index (κ3) is 40.6. The zero-order chi connectivity index (χ0) is 72.5. The van der Waals surface area contributed by atoms with E-state index in [1.165, 1.54) is 122 Å². The van der Waals surface area contributed by atoms with E-state index in [4.69, 9.17) is 28.4 Å². The second kappa shape index (κ2) is 60.7. The number of hydrogen-bond acceptors (Lipinski definition) is 18. The average molecular weight is 1410 g/mol. The number of carbonyl (C=O) groups excluding carboxylic acids is 1. The second-order valence-electron chi connectivity index (χ2n) is 27.4. The van der Waals surface area contributed by atoms with Gasteiger partial charge in [-0.15, -0.1) is 0 Å². The first kappa shape index (κ1) is 90.7. The Morgan fingerprint density at radius 1 is 0.370 bits per heavy atom. The number of unbranched alkanes of at least 4 members (excludes halogenated alkanes) is 28. The van der Waals surface area contributed by atoms with Gasteiger partial charge in [-0.2, -0.15) is 0 Å². The van der Waals surface area contributed by atoms with E-state index in [2.05, 4.69) is 116 Å². The molecule has 3 fully saturated rings. The van der Waals surface area contributed by atoms with Crippen molar-refractivity contribution in [2.75, 3.05) is 26.4 Å². The van der Waals surface area contributed by atoms with Crippen molar-refractivity contribution in [3.63, 3.8) is 0 Å². The average Bonchev–Trinajstić information content (AvgIpc) is 0.783. The summed E-state index contributed by atoms with van der Waals surface area (Å²) in [5, 5.41) is 121. The van der Waals surface area contributed by atoms with E-state index in [-0.39, 0.29) is 18.9 Å². The summed E-state index contributed by atoms with van der Waals surface area (Å²) in [6.45, 7) is 1.61. The molecule has 576 valence electrons. The molecule has 17 unspecified atom stereocenters. The quantitative estimate of drug-likeness (QED) is 0.0199. The molecule has 0 aromatic heterocycles. The normalized spacial score (nSPS) is 27.1. The molecule has 0 spiro atoms. The fourth-order valence-corrected chi connectivity index (χ4v) is 12.5. The number of ether oxygens (including phenoxy) is 6. The highest BCUT2D eigenvalue weighted by atomic mass is 16.8. The largest absolute Gasteiger partial charge is 0.394 e. The van der Waals surface area contributed by atoms with Crippen LogP contribution in [-0.2, 0) is 33.2 Å². The van der Waals surface area contributed by atoms with Crippen molar-refractivity contribution in [1.82, 2.24) is 5.32 Å². The Kier molecular flexibility index (Phi) is 55.0. The van der Waals surface area contributed by atoms with Crippen LogP contribution in [0.1, 0.15) is 264 Å². The van der Waals surface area contributed by atoms with Crippen LogP contribution in [0.2, 0.25) is 0 Å². The van der Waals surface area contributed by atoms with Gasteiger partial charge in [0.05, 0.1) is 38.6 Å². The number of nitrogens with one attached hydrogen (secondary N) is 1. The van der Waals surface area contributed by atoms with Gasteiger partial charge in [0.2, 0.25) is 5.91 Å². The van der Waals surface area contributed by atoms with Gasteiger partial charge >= 0.3 is 0 Å². The van der Waals surface area contributed by atoms with Gasteiger partial charge in [-0.3, -0.25) is 4.79 Å². The summed E-state index contributed by atoms with van der Waals surface area (Å²) >= 11 is 0. The van der Waals surface area contributed by atoms with Gasteiger partial charge in [0.25, 0.3) is 0 Å². The topological polar surface area (TPSA) is 307 Å².